The van der Waals surface area contributed by atoms with Crippen molar-refractivity contribution < 1.29 is 9.53 Å². The molecule has 6 heteroatoms. The van der Waals surface area contributed by atoms with Crippen LogP contribution in [0.4, 0.5) is 0 Å². The van der Waals surface area contributed by atoms with E-state index in [1.807, 2.05) is 0 Å². The van der Waals surface area contributed by atoms with Gasteiger partial charge in [0.1, 0.15) is 18.2 Å². The van der Waals surface area contributed by atoms with Crippen molar-refractivity contribution in [3.63, 3.8) is 0 Å². The van der Waals surface area contributed by atoms with Crippen molar-refractivity contribution in [2.24, 2.45) is 10.7 Å². The zero-order chi connectivity index (χ0) is 11.4. The summed E-state index contributed by atoms with van der Waals surface area (Å²) >= 11 is 0. The predicted molar refractivity (Wildman–Crippen MR) is 68.0 cm³/mol. The quantitative estimate of drug-likeness (QED) is 0.827. The Morgan fingerprint density at radius 2 is 2.35 bits per heavy atom. The van der Waals surface area contributed by atoms with Crippen LogP contribution in [0.1, 0.15) is 10.4 Å². The number of ether oxygens (including phenoxy) is 1. The second kappa shape index (κ2) is 6.10. The van der Waals surface area contributed by atoms with Crippen molar-refractivity contribution in [3.8, 4) is 5.75 Å². The van der Waals surface area contributed by atoms with E-state index in [0.29, 0.717) is 17.9 Å². The molecule has 0 unspecified atom stereocenters. The van der Waals surface area contributed by atoms with Gasteiger partial charge in [0.05, 0.1) is 6.54 Å². The summed E-state index contributed by atoms with van der Waals surface area (Å²) in [6, 6.07) is 6.79. The molecule has 1 aliphatic heterocycles. The van der Waals surface area contributed by atoms with Gasteiger partial charge in [-0.05, 0) is 18.2 Å². The first-order chi connectivity index (χ1) is 7.75. The zero-order valence-electron chi connectivity index (χ0n) is 9.18. The molecule has 0 saturated carbocycles. The Balaban J connectivity index is 0.00000144. The molecule has 0 aliphatic carbocycles. The summed E-state index contributed by atoms with van der Waals surface area (Å²) in [6.45, 7) is 2.04. The lowest BCUT2D eigenvalue weighted by atomic mass is 10.2. The summed E-state index contributed by atoms with van der Waals surface area (Å²) in [7, 11) is 0. The average molecular weight is 256 g/mol. The number of amides is 1. The van der Waals surface area contributed by atoms with Crippen LogP contribution in [-0.4, -0.2) is 31.4 Å². The second-order valence-electron chi connectivity index (χ2n) is 3.44. The molecule has 3 N–H and O–H groups in total. The molecule has 0 saturated heterocycles. The van der Waals surface area contributed by atoms with Crippen molar-refractivity contribution in [2.75, 3.05) is 19.7 Å². The lowest BCUT2D eigenvalue weighted by Gasteiger charge is -2.07. The van der Waals surface area contributed by atoms with Gasteiger partial charge in [0.15, 0.2) is 0 Å². The summed E-state index contributed by atoms with van der Waals surface area (Å²) in [6.07, 6.45) is 0. The van der Waals surface area contributed by atoms with Gasteiger partial charge in [0.2, 0.25) is 5.91 Å². The van der Waals surface area contributed by atoms with E-state index >= 15 is 0 Å². The summed E-state index contributed by atoms with van der Waals surface area (Å²) in [5.74, 6) is 0.999. The van der Waals surface area contributed by atoms with Crippen LogP contribution in [0.15, 0.2) is 29.3 Å². The minimum Gasteiger partial charge on any atom is -0.486 e. The molecule has 17 heavy (non-hydrogen) atoms. The number of hydrogen-bond donors (Lipinski definition) is 2. The number of amidine groups is 1. The highest BCUT2D eigenvalue weighted by atomic mass is 35.5. The first kappa shape index (κ1) is 13.3. The molecule has 2 rings (SSSR count). The zero-order valence-corrected chi connectivity index (χ0v) is 10.00. The lowest BCUT2D eigenvalue weighted by molar-refractivity contribution is 0.1000. The molecule has 5 nitrogen and oxygen atoms in total. The molecule has 0 radical (unpaired) electrons. The van der Waals surface area contributed by atoms with Crippen LogP contribution < -0.4 is 15.8 Å². The Labute approximate surface area is 105 Å². The molecular formula is C11H14ClN3O2. The molecule has 0 fully saturated rings. The van der Waals surface area contributed by atoms with Crippen molar-refractivity contribution in [1.29, 1.82) is 0 Å². The SMILES string of the molecule is Cl.NC(=O)c1cccc(OCC2=NCCN2)c1. The number of nitrogens with zero attached hydrogens (tertiary/aromatic N) is 1. The number of carbonyl (C=O) groups excluding carboxylic acids is 1. The molecule has 1 amide bonds. The smallest absolute Gasteiger partial charge is 0.248 e. The van der Waals surface area contributed by atoms with Crippen molar-refractivity contribution in [2.45, 2.75) is 0 Å². The molecule has 92 valence electrons. The van der Waals surface area contributed by atoms with Crippen molar-refractivity contribution in [3.05, 3.63) is 29.8 Å². The van der Waals surface area contributed by atoms with Crippen LogP contribution in [0.3, 0.4) is 0 Å². The molecule has 0 bridgehead atoms. The fraction of sp³-hybridized carbons (Fsp3) is 0.273. The van der Waals surface area contributed by atoms with Gasteiger partial charge in [-0.15, -0.1) is 12.4 Å². The topological polar surface area (TPSA) is 76.7 Å². The summed E-state index contributed by atoms with van der Waals surface area (Å²) in [5.41, 5.74) is 5.61. The molecule has 1 aliphatic rings. The Bertz CT molecular complexity index is 434. The van der Waals surface area contributed by atoms with Crippen molar-refractivity contribution in [1.82, 2.24) is 5.32 Å². The minimum absolute atomic E-state index is 0. The standard InChI is InChI=1S/C11H13N3O2.ClH/c12-11(15)8-2-1-3-9(6-8)16-7-10-13-4-5-14-10;/h1-3,6H,4-5,7H2,(H2,12,15)(H,13,14);1H. The minimum atomic E-state index is -0.457. The highest BCUT2D eigenvalue weighted by Gasteiger charge is 2.06. The Morgan fingerprint density at radius 3 is 3.00 bits per heavy atom. The van der Waals surface area contributed by atoms with Gasteiger partial charge in [-0.2, -0.15) is 0 Å². The van der Waals surface area contributed by atoms with Gasteiger partial charge >= 0.3 is 0 Å². The molecule has 0 atom stereocenters. The Morgan fingerprint density at radius 1 is 1.53 bits per heavy atom. The maximum atomic E-state index is 10.9. The van der Waals surface area contributed by atoms with Crippen LogP contribution in [0, 0.1) is 0 Å². The van der Waals surface area contributed by atoms with E-state index in [1.54, 1.807) is 24.3 Å². The van der Waals surface area contributed by atoms with Gasteiger partial charge in [-0.1, -0.05) is 6.07 Å². The number of benzene rings is 1. The number of nitrogens with two attached hydrogens (primary N) is 1. The first-order valence-corrected chi connectivity index (χ1v) is 5.05. The molecule has 1 heterocycles. The molecule has 0 aromatic heterocycles. The molecule has 1 aromatic carbocycles. The number of carbonyl (C=O) groups is 1. The second-order valence-corrected chi connectivity index (χ2v) is 3.44. The van der Waals surface area contributed by atoms with E-state index in [0.717, 1.165) is 18.9 Å². The predicted octanol–water partition coefficient (Wildman–Crippen LogP) is 0.588. The largest absolute Gasteiger partial charge is 0.486 e. The highest BCUT2D eigenvalue weighted by Crippen LogP contribution is 2.12. The average Bonchev–Trinajstić information content (AvgIpc) is 2.79. The Hall–Kier alpha value is -1.75. The van der Waals surface area contributed by atoms with E-state index in [-0.39, 0.29) is 12.4 Å². The Kier molecular flexibility index (Phi) is 4.78. The molecular weight excluding hydrogens is 242 g/mol. The van der Waals surface area contributed by atoms with Crippen LogP contribution in [0.25, 0.3) is 0 Å². The maximum Gasteiger partial charge on any atom is 0.248 e. The number of nitrogens with one attached hydrogen (secondary N) is 1. The lowest BCUT2D eigenvalue weighted by Crippen LogP contribution is -2.24. The van der Waals surface area contributed by atoms with E-state index in [1.165, 1.54) is 0 Å². The van der Waals surface area contributed by atoms with Gasteiger partial charge < -0.3 is 15.8 Å². The maximum absolute atomic E-state index is 10.9. The van der Waals surface area contributed by atoms with E-state index < -0.39 is 5.91 Å². The normalized spacial score (nSPS) is 13.3. The third-order valence-electron chi connectivity index (χ3n) is 2.24. The van der Waals surface area contributed by atoms with Gasteiger partial charge in [-0.3, -0.25) is 9.79 Å². The van der Waals surface area contributed by atoms with Gasteiger partial charge in [0, 0.05) is 12.1 Å². The van der Waals surface area contributed by atoms with Gasteiger partial charge in [0.25, 0.3) is 0 Å². The number of halogens is 1. The fourth-order valence-corrected chi connectivity index (χ4v) is 1.43. The van der Waals surface area contributed by atoms with Crippen LogP contribution in [-0.2, 0) is 0 Å². The van der Waals surface area contributed by atoms with E-state index in [2.05, 4.69) is 10.3 Å². The highest BCUT2D eigenvalue weighted by molar-refractivity contribution is 5.93. The van der Waals surface area contributed by atoms with E-state index in [9.17, 15) is 4.79 Å². The van der Waals surface area contributed by atoms with Crippen LogP contribution >= 0.6 is 12.4 Å². The first-order valence-electron chi connectivity index (χ1n) is 5.05. The number of hydrogen-bond acceptors (Lipinski definition) is 4. The van der Waals surface area contributed by atoms with Crippen molar-refractivity contribution >= 4 is 24.1 Å². The number of rotatable bonds is 4. The van der Waals surface area contributed by atoms with Crippen LogP contribution in [0.5, 0.6) is 5.75 Å². The van der Waals surface area contributed by atoms with E-state index in [4.69, 9.17) is 10.5 Å². The molecule has 1 aromatic rings. The fourth-order valence-electron chi connectivity index (χ4n) is 1.43. The number of primary amides is 1. The summed E-state index contributed by atoms with van der Waals surface area (Å²) in [5, 5.41) is 3.10. The summed E-state index contributed by atoms with van der Waals surface area (Å²) < 4.78 is 5.48. The third kappa shape index (κ3) is 3.64. The summed E-state index contributed by atoms with van der Waals surface area (Å²) in [4.78, 5) is 15.1. The van der Waals surface area contributed by atoms with Gasteiger partial charge in [-0.25, -0.2) is 0 Å². The monoisotopic (exact) mass is 255 g/mol. The third-order valence-corrected chi connectivity index (χ3v) is 2.24. The van der Waals surface area contributed by atoms with Crippen LogP contribution in [0.2, 0.25) is 0 Å². The molecule has 0 spiro atoms. The number of aliphatic imine (C=N–C) groups is 1.